The fraction of sp³-hybridized carbons (Fsp3) is 0.391. The summed E-state index contributed by atoms with van der Waals surface area (Å²) in [5, 5.41) is 0.301. The summed E-state index contributed by atoms with van der Waals surface area (Å²) in [6.07, 6.45) is 2.06. The van der Waals surface area contributed by atoms with Gasteiger partial charge in [-0.3, -0.25) is 9.69 Å². The van der Waals surface area contributed by atoms with Crippen LogP contribution < -0.4 is 10.5 Å². The number of halogens is 2. The van der Waals surface area contributed by atoms with Crippen molar-refractivity contribution >= 4 is 23.5 Å². The van der Waals surface area contributed by atoms with E-state index in [-0.39, 0.29) is 30.0 Å². The minimum atomic E-state index is -1.16. The van der Waals surface area contributed by atoms with Gasteiger partial charge in [-0.25, -0.2) is 9.38 Å². The number of amides is 1. The molecule has 5 rings (SSSR count). The lowest BCUT2D eigenvalue weighted by atomic mass is 9.66. The van der Waals surface area contributed by atoms with Crippen molar-refractivity contribution < 1.29 is 18.7 Å². The molecule has 1 aliphatic carbocycles. The molecular formula is C23H23ClFN3O3. The van der Waals surface area contributed by atoms with Gasteiger partial charge in [-0.15, -0.1) is 0 Å². The minimum Gasteiger partial charge on any atom is -0.490 e. The molecular weight excluding hydrogens is 421 g/mol. The lowest BCUT2D eigenvalue weighted by Crippen LogP contribution is -2.55. The van der Waals surface area contributed by atoms with Crippen molar-refractivity contribution in [3.8, 4) is 16.9 Å². The number of rotatable bonds is 2. The molecule has 2 N–H and O–H groups in total. The zero-order valence-corrected chi connectivity index (χ0v) is 18.0. The van der Waals surface area contributed by atoms with Crippen LogP contribution in [0.4, 0.5) is 4.39 Å². The van der Waals surface area contributed by atoms with Crippen molar-refractivity contribution in [3.63, 3.8) is 0 Å². The number of ether oxygens (including phenoxy) is 2. The summed E-state index contributed by atoms with van der Waals surface area (Å²) in [5.41, 5.74) is 6.95. The van der Waals surface area contributed by atoms with Crippen LogP contribution in [-0.4, -0.2) is 43.1 Å². The molecule has 3 unspecified atom stereocenters. The van der Waals surface area contributed by atoms with Crippen molar-refractivity contribution in [1.29, 1.82) is 0 Å². The van der Waals surface area contributed by atoms with Crippen LogP contribution in [0, 0.1) is 11.7 Å². The van der Waals surface area contributed by atoms with Gasteiger partial charge in [0.1, 0.15) is 17.7 Å². The molecule has 2 aromatic carbocycles. The van der Waals surface area contributed by atoms with Gasteiger partial charge in [-0.2, -0.15) is 0 Å². The molecule has 2 heterocycles. The number of nitrogens with two attached hydrogens (primary N) is 1. The fourth-order valence-corrected chi connectivity index (χ4v) is 5.41. The maximum Gasteiger partial charge on any atom is 0.262 e. The van der Waals surface area contributed by atoms with E-state index in [1.54, 1.807) is 20.2 Å². The van der Waals surface area contributed by atoms with Crippen molar-refractivity contribution in [2.75, 3.05) is 14.2 Å². The van der Waals surface area contributed by atoms with E-state index in [9.17, 15) is 9.18 Å². The lowest BCUT2D eigenvalue weighted by molar-refractivity contribution is -0.138. The SMILES string of the molecule is COC1CC[C@@H]2C(C1)Oc1ccc(-c3cc(F)cc(Cl)c3)cc1C21N=C(N)N(C)C1=O. The first-order valence-corrected chi connectivity index (χ1v) is 10.6. The van der Waals surface area contributed by atoms with E-state index in [4.69, 9.17) is 31.8 Å². The molecule has 6 nitrogen and oxygen atoms in total. The van der Waals surface area contributed by atoms with Crippen LogP contribution in [0.25, 0.3) is 11.1 Å². The Hall–Kier alpha value is -2.64. The molecule has 0 saturated heterocycles. The summed E-state index contributed by atoms with van der Waals surface area (Å²) in [7, 11) is 3.33. The first-order chi connectivity index (χ1) is 14.8. The molecule has 162 valence electrons. The molecule has 4 atom stereocenters. The Morgan fingerprint density at radius 2 is 2.06 bits per heavy atom. The highest BCUT2D eigenvalue weighted by Crippen LogP contribution is 2.54. The number of guanidine groups is 1. The van der Waals surface area contributed by atoms with E-state index in [1.165, 1.54) is 17.0 Å². The Balaban J connectivity index is 1.69. The highest BCUT2D eigenvalue weighted by molar-refractivity contribution is 6.30. The second kappa shape index (κ2) is 7.21. The maximum absolute atomic E-state index is 14.0. The van der Waals surface area contributed by atoms with Gasteiger partial charge in [0.15, 0.2) is 11.5 Å². The maximum atomic E-state index is 14.0. The number of aliphatic imine (C=N–C) groups is 1. The molecule has 8 heteroatoms. The molecule has 2 aliphatic heterocycles. The quantitative estimate of drug-likeness (QED) is 0.767. The molecule has 1 spiro atoms. The van der Waals surface area contributed by atoms with Crippen LogP contribution >= 0.6 is 11.6 Å². The van der Waals surface area contributed by atoms with Crippen LogP contribution in [0.15, 0.2) is 41.4 Å². The average Bonchev–Trinajstić information content (AvgIpc) is 2.97. The van der Waals surface area contributed by atoms with Gasteiger partial charge in [0.05, 0.1) is 6.10 Å². The third-order valence-corrected chi connectivity index (χ3v) is 6.96. The van der Waals surface area contributed by atoms with Gasteiger partial charge in [-0.1, -0.05) is 17.7 Å². The topological polar surface area (TPSA) is 77.2 Å². The number of benzene rings is 2. The van der Waals surface area contributed by atoms with Crippen molar-refractivity contribution in [3.05, 3.63) is 52.8 Å². The smallest absolute Gasteiger partial charge is 0.262 e. The van der Waals surface area contributed by atoms with Crippen LogP contribution in [0.5, 0.6) is 5.75 Å². The molecule has 0 bridgehead atoms. The molecule has 2 aromatic rings. The number of carbonyl (C=O) groups is 1. The normalized spacial score (nSPS) is 29.4. The number of hydrogen-bond acceptors (Lipinski definition) is 5. The number of likely N-dealkylation sites (N-methyl/N-ethyl adjacent to an activating group) is 1. The summed E-state index contributed by atoms with van der Waals surface area (Å²) in [6, 6.07) is 9.87. The Labute approximate surface area is 184 Å². The molecule has 3 aliphatic rings. The van der Waals surface area contributed by atoms with E-state index >= 15 is 0 Å². The predicted octanol–water partition coefficient (Wildman–Crippen LogP) is 3.70. The van der Waals surface area contributed by atoms with Gasteiger partial charge in [0.25, 0.3) is 5.91 Å². The van der Waals surface area contributed by atoms with E-state index in [0.717, 1.165) is 18.4 Å². The zero-order valence-electron chi connectivity index (χ0n) is 17.3. The van der Waals surface area contributed by atoms with Crippen molar-refractivity contribution in [2.45, 2.75) is 37.0 Å². The second-order valence-corrected chi connectivity index (χ2v) is 8.84. The first-order valence-electron chi connectivity index (χ1n) is 10.3. The Bertz CT molecular complexity index is 1090. The van der Waals surface area contributed by atoms with Gasteiger partial charge in [-0.05, 0) is 54.3 Å². The van der Waals surface area contributed by atoms with Gasteiger partial charge < -0.3 is 15.2 Å². The molecule has 1 amide bonds. The average molecular weight is 444 g/mol. The summed E-state index contributed by atoms with van der Waals surface area (Å²) < 4.78 is 25.9. The molecule has 0 aromatic heterocycles. The highest BCUT2D eigenvalue weighted by Gasteiger charge is 2.60. The van der Waals surface area contributed by atoms with Crippen LogP contribution in [-0.2, 0) is 15.1 Å². The molecule has 1 saturated carbocycles. The number of fused-ring (bicyclic) bond motifs is 4. The van der Waals surface area contributed by atoms with Gasteiger partial charge in [0.2, 0.25) is 0 Å². The van der Waals surface area contributed by atoms with Crippen LogP contribution in [0.1, 0.15) is 24.8 Å². The fourth-order valence-electron chi connectivity index (χ4n) is 5.19. The molecule has 1 fully saturated rings. The van der Waals surface area contributed by atoms with Gasteiger partial charge in [0, 0.05) is 37.1 Å². The zero-order chi connectivity index (χ0) is 21.9. The molecule has 31 heavy (non-hydrogen) atoms. The Kier molecular flexibility index (Phi) is 4.71. The van der Waals surface area contributed by atoms with Crippen LogP contribution in [0.2, 0.25) is 5.02 Å². The van der Waals surface area contributed by atoms with E-state index in [2.05, 4.69) is 0 Å². The summed E-state index contributed by atoms with van der Waals surface area (Å²) in [4.78, 5) is 19.7. The third-order valence-electron chi connectivity index (χ3n) is 6.74. The van der Waals surface area contributed by atoms with Gasteiger partial charge >= 0.3 is 0 Å². The molecule has 0 radical (unpaired) electrons. The third kappa shape index (κ3) is 3.02. The first kappa shape index (κ1) is 20.3. The minimum absolute atomic E-state index is 0.0733. The summed E-state index contributed by atoms with van der Waals surface area (Å²) >= 11 is 6.07. The van der Waals surface area contributed by atoms with E-state index in [1.807, 2.05) is 18.2 Å². The lowest BCUT2D eigenvalue weighted by Gasteiger charge is -2.47. The summed E-state index contributed by atoms with van der Waals surface area (Å²) in [6.45, 7) is 0. The van der Waals surface area contributed by atoms with E-state index in [0.29, 0.717) is 28.3 Å². The standard InChI is InChI=1S/C23H23ClFN3O3/c1-28-21(29)23(27-22(28)26)17-5-4-16(30-2)11-20(17)31-19-6-3-12(9-18(19)23)13-7-14(24)10-15(25)8-13/h3,6-10,16-17,20H,4-5,11H2,1-2H3,(H2,26,27)/t16?,17-,20?,23?/m1/s1. The number of methoxy groups -OCH3 is 1. The number of hydrogen-bond donors (Lipinski definition) is 1. The monoisotopic (exact) mass is 443 g/mol. The largest absolute Gasteiger partial charge is 0.490 e. The highest BCUT2D eigenvalue weighted by atomic mass is 35.5. The predicted molar refractivity (Wildman–Crippen MR) is 115 cm³/mol. The number of nitrogens with zero attached hydrogens (tertiary/aromatic N) is 2. The van der Waals surface area contributed by atoms with Crippen LogP contribution in [0.3, 0.4) is 0 Å². The van der Waals surface area contributed by atoms with Crippen molar-refractivity contribution in [2.24, 2.45) is 16.6 Å². The second-order valence-electron chi connectivity index (χ2n) is 8.40. The Morgan fingerprint density at radius 1 is 1.26 bits per heavy atom. The van der Waals surface area contributed by atoms with E-state index < -0.39 is 11.4 Å². The number of carbonyl (C=O) groups excluding carboxylic acids is 1. The Morgan fingerprint density at radius 3 is 2.74 bits per heavy atom. The van der Waals surface area contributed by atoms with Crippen molar-refractivity contribution in [1.82, 2.24) is 4.90 Å². The summed E-state index contributed by atoms with van der Waals surface area (Å²) in [5.74, 6) is 0.000729.